The number of nitrogens with one attached hydrogen (secondary N) is 2. The summed E-state index contributed by atoms with van der Waals surface area (Å²) >= 11 is 7.22. The number of halogens is 1. The van der Waals surface area contributed by atoms with Gasteiger partial charge in [-0.15, -0.1) is 11.3 Å². The van der Waals surface area contributed by atoms with Crippen LogP contribution in [0, 0.1) is 13.8 Å². The fraction of sp³-hybridized carbons (Fsp3) is 0.150. The first-order chi connectivity index (χ1) is 13.4. The monoisotopic (exact) mass is 415 g/mol. The lowest BCUT2D eigenvalue weighted by molar-refractivity contribution is -0.123. The third-order valence-corrected chi connectivity index (χ3v) is 5.47. The van der Waals surface area contributed by atoms with Crippen LogP contribution in [0.4, 0.5) is 0 Å². The van der Waals surface area contributed by atoms with Gasteiger partial charge < -0.3 is 4.74 Å². The van der Waals surface area contributed by atoms with Crippen molar-refractivity contribution in [2.24, 2.45) is 0 Å². The molecule has 0 fully saturated rings. The summed E-state index contributed by atoms with van der Waals surface area (Å²) in [5.74, 6) is -0.381. The van der Waals surface area contributed by atoms with Gasteiger partial charge in [0.25, 0.3) is 11.8 Å². The Kier molecular flexibility index (Phi) is 6.28. The topological polar surface area (TPSA) is 80.3 Å². The van der Waals surface area contributed by atoms with E-state index >= 15 is 0 Å². The third-order valence-electron chi connectivity index (χ3n) is 3.84. The molecule has 0 aliphatic rings. The predicted molar refractivity (Wildman–Crippen MR) is 110 cm³/mol. The van der Waals surface area contributed by atoms with Crippen molar-refractivity contribution in [3.05, 3.63) is 69.7 Å². The Balaban J connectivity index is 1.54. The van der Waals surface area contributed by atoms with Gasteiger partial charge in [0.05, 0.1) is 5.69 Å². The van der Waals surface area contributed by atoms with E-state index in [-0.39, 0.29) is 6.61 Å². The normalized spacial score (nSPS) is 10.4. The summed E-state index contributed by atoms with van der Waals surface area (Å²) in [4.78, 5) is 29.2. The van der Waals surface area contributed by atoms with Crippen molar-refractivity contribution in [1.82, 2.24) is 15.8 Å². The maximum absolute atomic E-state index is 12.4. The van der Waals surface area contributed by atoms with Crippen LogP contribution in [0.1, 0.15) is 20.9 Å². The Hall–Kier alpha value is -2.90. The summed E-state index contributed by atoms with van der Waals surface area (Å²) in [5.41, 5.74) is 7.12. The number of ether oxygens (including phenoxy) is 1. The van der Waals surface area contributed by atoms with Crippen molar-refractivity contribution in [2.75, 3.05) is 6.61 Å². The van der Waals surface area contributed by atoms with E-state index in [1.165, 1.54) is 11.3 Å². The molecule has 6 nitrogen and oxygen atoms in total. The van der Waals surface area contributed by atoms with E-state index in [9.17, 15) is 9.59 Å². The van der Waals surface area contributed by atoms with Crippen LogP contribution < -0.4 is 15.6 Å². The van der Waals surface area contributed by atoms with Crippen LogP contribution in [0.2, 0.25) is 5.02 Å². The third kappa shape index (κ3) is 4.88. The number of thiazole rings is 1. The van der Waals surface area contributed by atoms with Crippen molar-refractivity contribution in [3.8, 4) is 16.3 Å². The van der Waals surface area contributed by atoms with Gasteiger partial charge in [0.1, 0.15) is 15.6 Å². The number of carbonyl (C=O) groups excluding carboxylic acids is 2. The molecule has 0 radical (unpaired) electrons. The molecule has 28 heavy (non-hydrogen) atoms. The fourth-order valence-corrected chi connectivity index (χ4v) is 3.47. The summed E-state index contributed by atoms with van der Waals surface area (Å²) in [6, 6.07) is 14.7. The standard InChI is InChI=1S/C20H18ClN3O3S/c1-12-10-15(8-9-16(12)21)27-11-17(25)23-24-19(26)18-13(2)22-20(28-18)14-6-4-3-5-7-14/h3-10H,11H2,1-2H3,(H,23,25)(H,24,26). The van der Waals surface area contributed by atoms with E-state index < -0.39 is 11.8 Å². The minimum atomic E-state index is -0.480. The average molecular weight is 416 g/mol. The summed E-state index contributed by atoms with van der Waals surface area (Å²) in [5, 5.41) is 1.37. The van der Waals surface area contributed by atoms with Crippen LogP contribution in [0.15, 0.2) is 48.5 Å². The maximum atomic E-state index is 12.4. The molecule has 8 heteroatoms. The Morgan fingerprint density at radius 2 is 1.86 bits per heavy atom. The average Bonchev–Trinajstić information content (AvgIpc) is 3.09. The van der Waals surface area contributed by atoms with Gasteiger partial charge in [-0.05, 0) is 37.6 Å². The Labute approximate surface area is 171 Å². The van der Waals surface area contributed by atoms with E-state index in [2.05, 4.69) is 15.8 Å². The van der Waals surface area contributed by atoms with Gasteiger partial charge in [0.2, 0.25) is 0 Å². The molecule has 1 heterocycles. The quantitative estimate of drug-likeness (QED) is 0.619. The first-order valence-corrected chi connectivity index (χ1v) is 9.64. The number of rotatable bonds is 5. The van der Waals surface area contributed by atoms with Crippen LogP contribution in [-0.2, 0) is 4.79 Å². The smallest absolute Gasteiger partial charge is 0.281 e. The van der Waals surface area contributed by atoms with Gasteiger partial charge in [-0.25, -0.2) is 4.98 Å². The molecule has 0 bridgehead atoms. The van der Waals surface area contributed by atoms with Gasteiger partial charge in [-0.1, -0.05) is 41.9 Å². The number of aromatic nitrogens is 1. The molecule has 2 N–H and O–H groups in total. The van der Waals surface area contributed by atoms with E-state index in [4.69, 9.17) is 16.3 Å². The lowest BCUT2D eigenvalue weighted by Gasteiger charge is -2.09. The van der Waals surface area contributed by atoms with E-state index in [0.29, 0.717) is 21.3 Å². The molecule has 0 aliphatic carbocycles. The molecule has 0 saturated heterocycles. The second-order valence-electron chi connectivity index (χ2n) is 6.00. The number of nitrogens with zero attached hydrogens (tertiary/aromatic N) is 1. The van der Waals surface area contributed by atoms with Gasteiger partial charge in [-0.3, -0.25) is 20.4 Å². The van der Waals surface area contributed by atoms with Crippen molar-refractivity contribution < 1.29 is 14.3 Å². The Morgan fingerprint density at radius 1 is 1.11 bits per heavy atom. The molecule has 1 aromatic heterocycles. The van der Waals surface area contributed by atoms with Crippen molar-refractivity contribution in [1.29, 1.82) is 0 Å². The highest BCUT2D eigenvalue weighted by Gasteiger charge is 2.17. The fourth-order valence-electron chi connectivity index (χ4n) is 2.39. The van der Waals surface area contributed by atoms with Crippen molar-refractivity contribution >= 4 is 34.8 Å². The first-order valence-electron chi connectivity index (χ1n) is 8.45. The molecule has 2 amide bonds. The number of benzene rings is 2. The molecule has 144 valence electrons. The summed E-state index contributed by atoms with van der Waals surface area (Å²) < 4.78 is 5.40. The predicted octanol–water partition coefficient (Wildman–Crippen LogP) is 3.92. The lowest BCUT2D eigenvalue weighted by atomic mass is 10.2. The lowest BCUT2D eigenvalue weighted by Crippen LogP contribution is -2.43. The number of amides is 2. The van der Waals surface area contributed by atoms with Gasteiger partial charge in [-0.2, -0.15) is 0 Å². The van der Waals surface area contributed by atoms with Crippen LogP contribution in [0.5, 0.6) is 5.75 Å². The highest BCUT2D eigenvalue weighted by Crippen LogP contribution is 2.27. The van der Waals surface area contributed by atoms with Gasteiger partial charge in [0, 0.05) is 10.6 Å². The number of hydrogen-bond donors (Lipinski definition) is 2. The van der Waals surface area contributed by atoms with Crippen molar-refractivity contribution in [2.45, 2.75) is 13.8 Å². The van der Waals surface area contributed by atoms with Crippen molar-refractivity contribution in [3.63, 3.8) is 0 Å². The molecule has 3 aromatic rings. The van der Waals surface area contributed by atoms with Gasteiger partial charge in [0.15, 0.2) is 6.61 Å². The molecular weight excluding hydrogens is 398 g/mol. The number of aryl methyl sites for hydroxylation is 2. The van der Waals surface area contributed by atoms with E-state index in [1.807, 2.05) is 37.3 Å². The molecule has 0 unspecified atom stereocenters. The summed E-state index contributed by atoms with van der Waals surface area (Å²) in [6.07, 6.45) is 0. The maximum Gasteiger partial charge on any atom is 0.281 e. The molecule has 0 spiro atoms. The van der Waals surface area contributed by atoms with Gasteiger partial charge >= 0.3 is 0 Å². The van der Waals surface area contributed by atoms with E-state index in [0.717, 1.165) is 16.1 Å². The zero-order valence-electron chi connectivity index (χ0n) is 15.3. The second-order valence-corrected chi connectivity index (χ2v) is 7.41. The number of carbonyl (C=O) groups is 2. The summed E-state index contributed by atoms with van der Waals surface area (Å²) in [7, 11) is 0. The Bertz CT molecular complexity index is 1010. The minimum Gasteiger partial charge on any atom is -0.484 e. The highest BCUT2D eigenvalue weighted by molar-refractivity contribution is 7.17. The van der Waals surface area contributed by atoms with E-state index in [1.54, 1.807) is 25.1 Å². The molecule has 3 rings (SSSR count). The molecule has 0 aliphatic heterocycles. The largest absolute Gasteiger partial charge is 0.484 e. The molecular formula is C20H18ClN3O3S. The van der Waals surface area contributed by atoms with Crippen LogP contribution in [-0.4, -0.2) is 23.4 Å². The first kappa shape index (κ1) is 19.9. The Morgan fingerprint density at radius 3 is 2.57 bits per heavy atom. The van der Waals surface area contributed by atoms with Crippen LogP contribution >= 0.6 is 22.9 Å². The summed E-state index contributed by atoms with van der Waals surface area (Å²) in [6.45, 7) is 3.36. The number of hydrazine groups is 1. The second kappa shape index (κ2) is 8.86. The number of hydrogen-bond acceptors (Lipinski definition) is 5. The molecule has 0 atom stereocenters. The SMILES string of the molecule is Cc1cc(OCC(=O)NNC(=O)c2sc(-c3ccccc3)nc2C)ccc1Cl. The zero-order chi connectivity index (χ0) is 20.1. The molecule has 2 aromatic carbocycles. The van der Waals surface area contributed by atoms with Crippen LogP contribution in [0.3, 0.4) is 0 Å². The highest BCUT2D eigenvalue weighted by atomic mass is 35.5. The minimum absolute atomic E-state index is 0.238. The zero-order valence-corrected chi connectivity index (χ0v) is 16.9. The van der Waals surface area contributed by atoms with Crippen LogP contribution in [0.25, 0.3) is 10.6 Å². The molecule has 0 saturated carbocycles.